The lowest BCUT2D eigenvalue weighted by atomic mass is 9.91. The first-order valence-corrected chi connectivity index (χ1v) is 13.6. The molecule has 0 unspecified atom stereocenters. The van der Waals surface area contributed by atoms with Crippen molar-refractivity contribution in [2.24, 2.45) is 0 Å². The van der Waals surface area contributed by atoms with Gasteiger partial charge in [0.1, 0.15) is 0 Å². The van der Waals surface area contributed by atoms with Gasteiger partial charge in [-0.3, -0.25) is 4.68 Å². The van der Waals surface area contributed by atoms with E-state index < -0.39 is 14.4 Å². The van der Waals surface area contributed by atoms with Gasteiger partial charge in [0.25, 0.3) is 0 Å². The van der Waals surface area contributed by atoms with Gasteiger partial charge in [-0.2, -0.15) is 0 Å². The van der Waals surface area contributed by atoms with Crippen LogP contribution in [0.4, 0.5) is 4.79 Å². The van der Waals surface area contributed by atoms with Crippen LogP contribution in [0, 0.1) is 0 Å². The van der Waals surface area contributed by atoms with Crippen LogP contribution < -0.4 is 0 Å². The van der Waals surface area contributed by atoms with Crippen molar-refractivity contribution in [3.8, 4) is 0 Å². The summed E-state index contributed by atoms with van der Waals surface area (Å²) in [7, 11) is -2.06. The van der Waals surface area contributed by atoms with Gasteiger partial charge in [-0.1, -0.05) is 56.3 Å². The minimum Gasteiger partial charge on any atom is -0.465 e. The SMILES string of the molecule is CC(C)(C)[Si](C)(C)O[C@@H]1CN(C(=O)O)CC[C@H]1c1cn(CCc2ccccc2)nn1. The first-order chi connectivity index (χ1) is 14.1. The van der Waals surface area contributed by atoms with Crippen LogP contribution in [-0.2, 0) is 17.4 Å². The van der Waals surface area contributed by atoms with Gasteiger partial charge in [-0.25, -0.2) is 4.79 Å². The van der Waals surface area contributed by atoms with E-state index in [-0.39, 0.29) is 17.1 Å². The molecule has 7 nitrogen and oxygen atoms in total. The van der Waals surface area contributed by atoms with Gasteiger partial charge in [0, 0.05) is 31.7 Å². The second-order valence-corrected chi connectivity index (χ2v) is 14.4. The van der Waals surface area contributed by atoms with Crippen LogP contribution in [0.3, 0.4) is 0 Å². The minimum atomic E-state index is -2.06. The van der Waals surface area contributed by atoms with Crippen molar-refractivity contribution in [2.75, 3.05) is 13.1 Å². The molecule has 1 fully saturated rings. The number of aromatic nitrogens is 3. The van der Waals surface area contributed by atoms with Crippen molar-refractivity contribution in [3.05, 3.63) is 47.8 Å². The molecule has 1 saturated heterocycles. The fourth-order valence-electron chi connectivity index (χ4n) is 3.58. The van der Waals surface area contributed by atoms with Crippen LogP contribution in [-0.4, -0.2) is 58.6 Å². The summed E-state index contributed by atoms with van der Waals surface area (Å²) in [6.07, 6.45) is 2.51. The summed E-state index contributed by atoms with van der Waals surface area (Å²) in [4.78, 5) is 13.0. The number of nitrogens with zero attached hydrogens (tertiary/aromatic N) is 4. The maximum absolute atomic E-state index is 11.6. The number of piperidine rings is 1. The monoisotopic (exact) mass is 430 g/mol. The summed E-state index contributed by atoms with van der Waals surface area (Å²) in [6, 6.07) is 10.3. The van der Waals surface area contributed by atoms with Crippen molar-refractivity contribution in [3.63, 3.8) is 0 Å². The van der Waals surface area contributed by atoms with Gasteiger partial charge in [-0.05, 0) is 36.5 Å². The molecule has 0 radical (unpaired) electrons. The van der Waals surface area contributed by atoms with Crippen molar-refractivity contribution >= 4 is 14.4 Å². The van der Waals surface area contributed by atoms with Crippen LogP contribution in [0.25, 0.3) is 0 Å². The Bertz CT molecular complexity index is 848. The summed E-state index contributed by atoms with van der Waals surface area (Å²) in [5.74, 6) is 0.0557. The van der Waals surface area contributed by atoms with E-state index in [4.69, 9.17) is 4.43 Å². The highest BCUT2D eigenvalue weighted by Crippen LogP contribution is 2.40. The van der Waals surface area contributed by atoms with Crippen molar-refractivity contribution < 1.29 is 14.3 Å². The molecule has 1 amide bonds. The van der Waals surface area contributed by atoms with E-state index in [1.54, 1.807) is 0 Å². The maximum atomic E-state index is 11.6. The third-order valence-electron chi connectivity index (χ3n) is 6.49. The molecule has 1 aromatic heterocycles. The van der Waals surface area contributed by atoms with Crippen LogP contribution in [0.1, 0.15) is 44.4 Å². The topological polar surface area (TPSA) is 80.5 Å². The smallest absolute Gasteiger partial charge is 0.407 e. The van der Waals surface area contributed by atoms with E-state index in [0.717, 1.165) is 18.7 Å². The predicted molar refractivity (Wildman–Crippen MR) is 119 cm³/mol. The Hall–Kier alpha value is -2.19. The Morgan fingerprint density at radius 1 is 1.27 bits per heavy atom. The number of rotatable bonds is 6. The summed E-state index contributed by atoms with van der Waals surface area (Å²) in [6.45, 7) is 12.7. The predicted octanol–water partition coefficient (Wildman–Crippen LogP) is 4.38. The third-order valence-corrected chi connectivity index (χ3v) is 11.0. The molecule has 1 aromatic carbocycles. The van der Waals surface area contributed by atoms with E-state index in [0.29, 0.717) is 19.5 Å². The molecule has 0 aliphatic carbocycles. The Labute approximate surface area is 180 Å². The summed E-state index contributed by atoms with van der Waals surface area (Å²) < 4.78 is 8.57. The van der Waals surface area contributed by atoms with Gasteiger partial charge in [0.15, 0.2) is 8.32 Å². The van der Waals surface area contributed by atoms with Gasteiger partial charge in [0.2, 0.25) is 0 Å². The van der Waals surface area contributed by atoms with E-state index in [1.165, 1.54) is 10.5 Å². The standard InChI is InChI=1S/C22H34N4O3Si/c1-22(2,3)30(4,5)29-20-16-25(21(27)28)13-12-18(20)19-15-26(24-23-19)14-11-17-9-7-6-8-10-17/h6-10,15,18,20H,11-14,16H2,1-5H3,(H,27,28)/t18-,20+/m0/s1. The maximum Gasteiger partial charge on any atom is 0.407 e. The van der Waals surface area contributed by atoms with Crippen molar-refractivity contribution in [2.45, 2.75) is 70.3 Å². The Kier molecular flexibility index (Phi) is 6.67. The minimum absolute atomic E-state index is 0.0519. The highest BCUT2D eigenvalue weighted by Gasteiger charge is 2.43. The lowest BCUT2D eigenvalue weighted by Gasteiger charge is -2.44. The zero-order valence-corrected chi connectivity index (χ0v) is 19.7. The molecule has 1 aliphatic heterocycles. The van der Waals surface area contributed by atoms with E-state index >= 15 is 0 Å². The van der Waals surface area contributed by atoms with E-state index in [2.05, 4.69) is 56.3 Å². The molecular formula is C22H34N4O3Si. The molecule has 2 aromatic rings. The van der Waals surface area contributed by atoms with E-state index in [1.807, 2.05) is 29.1 Å². The number of benzene rings is 1. The van der Waals surface area contributed by atoms with Gasteiger partial charge >= 0.3 is 6.09 Å². The summed E-state index contributed by atoms with van der Waals surface area (Å²) in [5, 5.41) is 18.3. The lowest BCUT2D eigenvalue weighted by molar-refractivity contribution is 0.0557. The molecule has 2 atom stereocenters. The van der Waals surface area contributed by atoms with Crippen LogP contribution >= 0.6 is 0 Å². The number of carboxylic acid groups (broad SMARTS) is 1. The molecule has 1 N–H and O–H groups in total. The first kappa shape index (κ1) is 22.5. The number of aryl methyl sites for hydroxylation is 2. The molecule has 3 rings (SSSR count). The first-order valence-electron chi connectivity index (χ1n) is 10.7. The molecule has 164 valence electrons. The molecule has 2 heterocycles. The number of amides is 1. The average Bonchev–Trinajstić information content (AvgIpc) is 3.14. The summed E-state index contributed by atoms with van der Waals surface area (Å²) in [5.41, 5.74) is 2.17. The second-order valence-electron chi connectivity index (χ2n) is 9.68. The van der Waals surface area contributed by atoms with Gasteiger partial charge in [-0.15, -0.1) is 5.10 Å². The fourth-order valence-corrected chi connectivity index (χ4v) is 4.93. The van der Waals surface area contributed by atoms with Gasteiger partial charge in [0.05, 0.1) is 11.8 Å². The second kappa shape index (κ2) is 8.89. The molecular weight excluding hydrogens is 396 g/mol. The number of carbonyl (C=O) groups is 1. The lowest BCUT2D eigenvalue weighted by Crippen LogP contribution is -2.52. The Morgan fingerprint density at radius 3 is 2.60 bits per heavy atom. The highest BCUT2D eigenvalue weighted by molar-refractivity contribution is 6.74. The molecule has 30 heavy (non-hydrogen) atoms. The van der Waals surface area contributed by atoms with Gasteiger partial charge < -0.3 is 14.4 Å². The Balaban J connectivity index is 1.75. The number of likely N-dealkylation sites (tertiary alicyclic amines) is 1. The number of hydrogen-bond acceptors (Lipinski definition) is 4. The van der Waals surface area contributed by atoms with Crippen LogP contribution in [0.15, 0.2) is 36.5 Å². The molecule has 0 spiro atoms. The zero-order valence-electron chi connectivity index (χ0n) is 18.7. The largest absolute Gasteiger partial charge is 0.465 e. The molecule has 0 saturated carbocycles. The van der Waals surface area contributed by atoms with Crippen molar-refractivity contribution in [1.29, 1.82) is 0 Å². The number of hydrogen-bond donors (Lipinski definition) is 1. The van der Waals surface area contributed by atoms with Crippen LogP contribution in [0.2, 0.25) is 18.1 Å². The molecule has 0 bridgehead atoms. The average molecular weight is 431 g/mol. The fraction of sp³-hybridized carbons (Fsp3) is 0.591. The normalized spacial score (nSPS) is 20.4. The molecule has 1 aliphatic rings. The quantitative estimate of drug-likeness (QED) is 0.688. The Morgan fingerprint density at radius 2 is 1.97 bits per heavy atom. The third kappa shape index (κ3) is 5.29. The zero-order chi connectivity index (χ0) is 21.9. The van der Waals surface area contributed by atoms with Crippen molar-refractivity contribution in [1.82, 2.24) is 19.9 Å². The molecule has 8 heteroatoms. The summed E-state index contributed by atoms with van der Waals surface area (Å²) >= 11 is 0. The highest BCUT2D eigenvalue weighted by atomic mass is 28.4. The van der Waals surface area contributed by atoms with Crippen LogP contribution in [0.5, 0.6) is 0 Å². The van der Waals surface area contributed by atoms with E-state index in [9.17, 15) is 9.90 Å².